The number of hydrogen-bond donors (Lipinski definition) is 3. The highest BCUT2D eigenvalue weighted by Gasteiger charge is 1.94. The van der Waals surface area contributed by atoms with Crippen LogP contribution < -0.4 is 16.2 Å². The van der Waals surface area contributed by atoms with Gasteiger partial charge in [-0.15, -0.1) is 10.1 Å². The molecule has 20 heavy (non-hydrogen) atoms. The van der Waals surface area contributed by atoms with E-state index in [2.05, 4.69) is 5.16 Å². The molecule has 0 aliphatic rings. The first kappa shape index (κ1) is 17.2. The number of ether oxygens (including phenoxy) is 1. The molecule has 0 atom stereocenters. The van der Waals surface area contributed by atoms with Crippen LogP contribution in [0.15, 0.2) is 29.4 Å². The summed E-state index contributed by atoms with van der Waals surface area (Å²) in [7, 11) is 0. The van der Waals surface area contributed by atoms with Crippen LogP contribution in [0.3, 0.4) is 0 Å². The summed E-state index contributed by atoms with van der Waals surface area (Å²) < 4.78 is 17.8. The molecule has 0 aromatic heterocycles. The average molecular weight is 290 g/mol. The Morgan fingerprint density at radius 3 is 2.40 bits per heavy atom. The Labute approximate surface area is 113 Å². The first-order valence-corrected chi connectivity index (χ1v) is 5.34. The van der Waals surface area contributed by atoms with Crippen molar-refractivity contribution in [3.05, 3.63) is 40.2 Å². The fourth-order valence-corrected chi connectivity index (χ4v) is 0.964. The van der Waals surface area contributed by atoms with E-state index in [0.29, 0.717) is 25.4 Å². The SMILES string of the molecule is NC(N)=NOCCCOc1ccc(F)cc1.O=[N+]([O-])O. The van der Waals surface area contributed by atoms with Gasteiger partial charge in [0, 0.05) is 6.42 Å². The number of halogens is 1. The highest BCUT2D eigenvalue weighted by Crippen LogP contribution is 2.10. The summed E-state index contributed by atoms with van der Waals surface area (Å²) in [4.78, 5) is 13.1. The third kappa shape index (κ3) is 11.7. The third-order valence-electron chi connectivity index (χ3n) is 1.63. The van der Waals surface area contributed by atoms with Crippen LogP contribution in [0.25, 0.3) is 0 Å². The molecule has 0 unspecified atom stereocenters. The number of hydrogen-bond acceptors (Lipinski definition) is 5. The number of rotatable bonds is 6. The Morgan fingerprint density at radius 2 is 1.90 bits per heavy atom. The van der Waals surface area contributed by atoms with Gasteiger partial charge in [-0.25, -0.2) is 4.39 Å². The van der Waals surface area contributed by atoms with Crippen molar-refractivity contribution >= 4 is 5.96 Å². The number of oxime groups is 1. The summed E-state index contributed by atoms with van der Waals surface area (Å²) >= 11 is 0. The maximum absolute atomic E-state index is 12.5. The van der Waals surface area contributed by atoms with Crippen molar-refractivity contribution in [1.82, 2.24) is 0 Å². The Hall–Kier alpha value is -2.78. The van der Waals surface area contributed by atoms with Crippen molar-refractivity contribution in [3.63, 3.8) is 0 Å². The molecule has 0 saturated heterocycles. The van der Waals surface area contributed by atoms with Crippen LogP contribution >= 0.6 is 0 Å². The van der Waals surface area contributed by atoms with Crippen LogP contribution in [0, 0.1) is 15.9 Å². The lowest BCUT2D eigenvalue weighted by Crippen LogP contribution is -2.23. The van der Waals surface area contributed by atoms with Crippen molar-refractivity contribution in [1.29, 1.82) is 0 Å². The quantitative estimate of drug-likeness (QED) is 0.226. The van der Waals surface area contributed by atoms with Gasteiger partial charge >= 0.3 is 0 Å². The zero-order valence-corrected chi connectivity index (χ0v) is 10.4. The number of guanidine groups is 1. The Balaban J connectivity index is 0.000000796. The van der Waals surface area contributed by atoms with Crippen LogP contribution in [-0.4, -0.2) is 29.5 Å². The number of nitrogens with two attached hydrogens (primary N) is 2. The van der Waals surface area contributed by atoms with E-state index in [-0.39, 0.29) is 11.8 Å². The minimum Gasteiger partial charge on any atom is -0.493 e. The molecule has 9 nitrogen and oxygen atoms in total. The van der Waals surface area contributed by atoms with E-state index in [9.17, 15) is 4.39 Å². The molecule has 0 aliphatic carbocycles. The lowest BCUT2D eigenvalue weighted by atomic mass is 10.3. The minimum absolute atomic E-state index is 0.112. The van der Waals surface area contributed by atoms with Crippen LogP contribution in [-0.2, 0) is 4.84 Å². The Kier molecular flexibility index (Phi) is 8.76. The van der Waals surface area contributed by atoms with Gasteiger partial charge in [-0.2, -0.15) is 0 Å². The maximum Gasteiger partial charge on any atom is 0.291 e. The Morgan fingerprint density at radius 1 is 1.35 bits per heavy atom. The van der Waals surface area contributed by atoms with Gasteiger partial charge in [0.05, 0.1) is 6.61 Å². The van der Waals surface area contributed by atoms with Crippen molar-refractivity contribution in [2.75, 3.05) is 13.2 Å². The average Bonchev–Trinajstić information content (AvgIpc) is 2.35. The Bertz CT molecular complexity index is 418. The first-order valence-electron chi connectivity index (χ1n) is 5.34. The fourth-order valence-electron chi connectivity index (χ4n) is 0.964. The minimum atomic E-state index is -1.50. The van der Waals surface area contributed by atoms with Gasteiger partial charge in [-0.1, -0.05) is 0 Å². The van der Waals surface area contributed by atoms with Crippen LogP contribution in [0.5, 0.6) is 5.75 Å². The summed E-state index contributed by atoms with van der Waals surface area (Å²) in [5, 5.41) is 17.0. The van der Waals surface area contributed by atoms with Crippen LogP contribution in [0.4, 0.5) is 4.39 Å². The molecule has 0 aliphatic heterocycles. The highest BCUT2D eigenvalue weighted by molar-refractivity contribution is 5.74. The van der Waals surface area contributed by atoms with Gasteiger partial charge < -0.3 is 26.2 Å². The summed E-state index contributed by atoms with van der Waals surface area (Å²) in [5.74, 6) is 0.214. The van der Waals surface area contributed by atoms with E-state index in [1.54, 1.807) is 12.1 Å². The number of benzene rings is 1. The van der Waals surface area contributed by atoms with E-state index < -0.39 is 5.09 Å². The zero-order chi connectivity index (χ0) is 15.4. The van der Waals surface area contributed by atoms with Crippen molar-refractivity contribution in [3.8, 4) is 5.75 Å². The van der Waals surface area contributed by atoms with E-state index in [1.807, 2.05) is 0 Å². The predicted molar refractivity (Wildman–Crippen MR) is 67.1 cm³/mol. The van der Waals surface area contributed by atoms with E-state index in [1.165, 1.54) is 12.1 Å². The zero-order valence-electron chi connectivity index (χ0n) is 10.4. The topological polar surface area (TPSA) is 146 Å². The normalized spacial score (nSPS) is 8.85. The number of nitrogens with zero attached hydrogens (tertiary/aromatic N) is 2. The molecular weight excluding hydrogens is 275 g/mol. The monoisotopic (exact) mass is 290 g/mol. The lowest BCUT2D eigenvalue weighted by Gasteiger charge is -2.05. The van der Waals surface area contributed by atoms with E-state index in [0.717, 1.165) is 0 Å². The van der Waals surface area contributed by atoms with Crippen molar-refractivity contribution in [2.45, 2.75) is 6.42 Å². The molecule has 1 aromatic rings. The second kappa shape index (κ2) is 10.2. The molecule has 1 aromatic carbocycles. The van der Waals surface area contributed by atoms with Crippen LogP contribution in [0.2, 0.25) is 0 Å². The van der Waals surface area contributed by atoms with E-state index >= 15 is 0 Å². The smallest absolute Gasteiger partial charge is 0.291 e. The molecule has 112 valence electrons. The van der Waals surface area contributed by atoms with Gasteiger partial charge in [-0.05, 0) is 29.4 Å². The highest BCUT2D eigenvalue weighted by atomic mass is 19.1. The van der Waals surface area contributed by atoms with Gasteiger partial charge in [-0.3, -0.25) is 0 Å². The third-order valence-corrected chi connectivity index (χ3v) is 1.63. The fraction of sp³-hybridized carbons (Fsp3) is 0.300. The molecule has 0 bridgehead atoms. The lowest BCUT2D eigenvalue weighted by molar-refractivity contribution is -0.742. The second-order valence-electron chi connectivity index (χ2n) is 3.24. The molecule has 0 amide bonds. The summed E-state index contributed by atoms with van der Waals surface area (Å²) in [6, 6.07) is 5.80. The molecule has 0 spiro atoms. The molecule has 10 heteroatoms. The molecular formula is C10H15FN4O5. The van der Waals surface area contributed by atoms with Gasteiger partial charge in [0.15, 0.2) is 0 Å². The molecule has 0 heterocycles. The van der Waals surface area contributed by atoms with Gasteiger partial charge in [0.25, 0.3) is 5.09 Å². The maximum atomic E-state index is 12.5. The van der Waals surface area contributed by atoms with E-state index in [4.69, 9.17) is 36.4 Å². The molecule has 0 fully saturated rings. The molecule has 5 N–H and O–H groups in total. The standard InChI is InChI=1S/C10H14FN3O2.HNO3/c11-8-2-4-9(5-3-8)15-6-1-7-16-14-10(12)13;2-1(3)4/h2-5H,1,6-7H2,(H4,12,13,14);(H,2,3,4). The molecule has 1 rings (SSSR count). The molecule has 0 radical (unpaired) electrons. The van der Waals surface area contributed by atoms with Gasteiger partial charge in [0.1, 0.15) is 18.2 Å². The van der Waals surface area contributed by atoms with Crippen LogP contribution in [0.1, 0.15) is 6.42 Å². The second-order valence-corrected chi connectivity index (χ2v) is 3.24. The van der Waals surface area contributed by atoms with Crippen molar-refractivity contribution in [2.24, 2.45) is 16.6 Å². The van der Waals surface area contributed by atoms with Gasteiger partial charge in [0.2, 0.25) is 5.96 Å². The largest absolute Gasteiger partial charge is 0.493 e. The summed E-state index contributed by atoms with van der Waals surface area (Å²) in [6.07, 6.45) is 0.633. The summed E-state index contributed by atoms with van der Waals surface area (Å²) in [6.45, 7) is 0.810. The first-order chi connectivity index (χ1) is 9.41. The molecule has 0 saturated carbocycles. The van der Waals surface area contributed by atoms with Crippen molar-refractivity contribution < 1.29 is 24.3 Å². The summed E-state index contributed by atoms with van der Waals surface area (Å²) in [5.41, 5.74) is 10.1. The predicted octanol–water partition coefficient (Wildman–Crippen LogP) is 0.452.